The number of carbonyl (C=O) groups excluding carboxylic acids is 1. The first-order valence-electron chi connectivity index (χ1n) is 9.49. The van der Waals surface area contributed by atoms with Gasteiger partial charge in [0.15, 0.2) is 0 Å². The van der Waals surface area contributed by atoms with E-state index in [1.807, 2.05) is 30.6 Å². The van der Waals surface area contributed by atoms with Crippen molar-refractivity contribution in [2.75, 3.05) is 18.1 Å². The van der Waals surface area contributed by atoms with Crippen LogP contribution in [0.15, 0.2) is 55.0 Å². The van der Waals surface area contributed by atoms with E-state index < -0.39 is 0 Å². The van der Waals surface area contributed by atoms with Gasteiger partial charge in [-0.05, 0) is 35.9 Å². The largest absolute Gasteiger partial charge is 0.447 e. The van der Waals surface area contributed by atoms with Crippen LogP contribution in [0.5, 0.6) is 0 Å². The number of halogens is 1. The number of rotatable bonds is 3. The summed E-state index contributed by atoms with van der Waals surface area (Å²) < 4.78 is 5.00. The van der Waals surface area contributed by atoms with Gasteiger partial charge in [0.25, 0.3) is 0 Å². The number of aromatic nitrogens is 2. The predicted molar refractivity (Wildman–Crippen MR) is 115 cm³/mol. The molecule has 1 amide bonds. The zero-order valence-electron chi connectivity index (χ0n) is 16.6. The molecule has 0 spiro atoms. The number of pyridine rings is 2. The van der Waals surface area contributed by atoms with Gasteiger partial charge in [-0.3, -0.25) is 14.9 Å². The summed E-state index contributed by atoms with van der Waals surface area (Å²) in [5.74, 6) is 0. The monoisotopic (exact) mass is 407 g/mol. The Morgan fingerprint density at radius 2 is 1.83 bits per heavy atom. The van der Waals surface area contributed by atoms with Crippen molar-refractivity contribution in [2.45, 2.75) is 26.2 Å². The molecule has 148 valence electrons. The number of hydrogen-bond acceptors (Lipinski definition) is 4. The molecule has 1 aliphatic heterocycles. The highest BCUT2D eigenvalue weighted by Crippen LogP contribution is 2.34. The SMILES string of the molecule is CC(C)(C)c1cc(-c2cncc(-c3ccc(N4CCOC4=O)cc3Cl)c2)ccn1. The molecule has 1 fully saturated rings. The van der Waals surface area contributed by atoms with Gasteiger partial charge in [0, 0.05) is 52.1 Å². The molecule has 0 unspecified atom stereocenters. The van der Waals surface area contributed by atoms with Gasteiger partial charge in [-0.25, -0.2) is 4.79 Å². The third-order valence-corrected chi connectivity index (χ3v) is 5.25. The van der Waals surface area contributed by atoms with E-state index in [1.54, 1.807) is 17.2 Å². The summed E-state index contributed by atoms with van der Waals surface area (Å²) in [5.41, 5.74) is 5.57. The molecule has 3 aromatic rings. The fourth-order valence-corrected chi connectivity index (χ4v) is 3.58. The maximum atomic E-state index is 11.8. The molecule has 6 heteroatoms. The van der Waals surface area contributed by atoms with E-state index in [1.165, 1.54) is 0 Å². The van der Waals surface area contributed by atoms with E-state index in [2.05, 4.69) is 42.9 Å². The molecule has 3 heterocycles. The van der Waals surface area contributed by atoms with Gasteiger partial charge in [-0.2, -0.15) is 0 Å². The maximum Gasteiger partial charge on any atom is 0.414 e. The second kappa shape index (κ2) is 7.48. The number of amides is 1. The van der Waals surface area contributed by atoms with E-state index in [4.69, 9.17) is 16.3 Å². The van der Waals surface area contributed by atoms with E-state index >= 15 is 0 Å². The first kappa shape index (κ1) is 19.4. The van der Waals surface area contributed by atoms with Crippen LogP contribution in [0, 0.1) is 0 Å². The number of anilines is 1. The standard InChI is InChI=1S/C23H22ClN3O2/c1-23(2,3)21-11-15(6-7-26-21)16-10-17(14-25-13-16)19-5-4-18(12-20(19)24)27-8-9-29-22(27)28/h4-7,10-14H,8-9H2,1-3H3. The Balaban J connectivity index is 1.68. The summed E-state index contributed by atoms with van der Waals surface area (Å²) in [6, 6.07) is 11.7. The first-order valence-corrected chi connectivity index (χ1v) is 9.87. The molecule has 5 nitrogen and oxygen atoms in total. The molecule has 29 heavy (non-hydrogen) atoms. The molecule has 0 aliphatic carbocycles. The zero-order chi connectivity index (χ0) is 20.6. The number of benzene rings is 1. The Morgan fingerprint density at radius 1 is 1.03 bits per heavy atom. The van der Waals surface area contributed by atoms with E-state index in [9.17, 15) is 4.79 Å². The molecule has 4 rings (SSSR count). The fourth-order valence-electron chi connectivity index (χ4n) is 3.30. The number of nitrogens with zero attached hydrogens (tertiary/aromatic N) is 3. The lowest BCUT2D eigenvalue weighted by molar-refractivity contribution is 0.181. The molecule has 1 aliphatic rings. The quantitative estimate of drug-likeness (QED) is 0.557. The average Bonchev–Trinajstić information content (AvgIpc) is 3.13. The summed E-state index contributed by atoms with van der Waals surface area (Å²) in [6.07, 6.45) is 5.12. The van der Waals surface area contributed by atoms with Crippen molar-refractivity contribution in [3.8, 4) is 22.3 Å². The number of hydrogen-bond donors (Lipinski definition) is 0. The van der Waals surface area contributed by atoms with Crippen molar-refractivity contribution in [3.63, 3.8) is 0 Å². The Labute approximate surface area is 175 Å². The van der Waals surface area contributed by atoms with Crippen molar-refractivity contribution in [1.82, 2.24) is 9.97 Å². The van der Waals surface area contributed by atoms with Crippen molar-refractivity contribution in [2.24, 2.45) is 0 Å². The summed E-state index contributed by atoms with van der Waals surface area (Å²) in [4.78, 5) is 22.3. The topological polar surface area (TPSA) is 55.3 Å². The third-order valence-electron chi connectivity index (χ3n) is 4.94. The Morgan fingerprint density at radius 3 is 2.52 bits per heavy atom. The van der Waals surface area contributed by atoms with Gasteiger partial charge >= 0.3 is 6.09 Å². The third kappa shape index (κ3) is 3.96. The first-order chi connectivity index (χ1) is 13.8. The van der Waals surface area contributed by atoms with Gasteiger partial charge in [0.05, 0.1) is 11.6 Å². The van der Waals surface area contributed by atoms with Gasteiger partial charge < -0.3 is 4.74 Å². The minimum atomic E-state index is -0.343. The van der Waals surface area contributed by atoms with Crippen LogP contribution in [-0.4, -0.2) is 29.2 Å². The predicted octanol–water partition coefficient (Wildman–Crippen LogP) is 5.72. The summed E-state index contributed by atoms with van der Waals surface area (Å²) in [5, 5.41) is 0.561. The van der Waals surface area contributed by atoms with Gasteiger partial charge in [-0.1, -0.05) is 38.4 Å². The molecular formula is C23H22ClN3O2. The second-order valence-electron chi connectivity index (χ2n) is 8.07. The molecule has 1 aromatic carbocycles. The number of cyclic esters (lactones) is 1. The Kier molecular flexibility index (Phi) is 5.01. The van der Waals surface area contributed by atoms with E-state index in [-0.39, 0.29) is 11.5 Å². The molecule has 0 bridgehead atoms. The van der Waals surface area contributed by atoms with Crippen molar-refractivity contribution < 1.29 is 9.53 Å². The van der Waals surface area contributed by atoms with Crippen LogP contribution in [0.2, 0.25) is 5.02 Å². The highest BCUT2D eigenvalue weighted by molar-refractivity contribution is 6.33. The highest BCUT2D eigenvalue weighted by atomic mass is 35.5. The van der Waals surface area contributed by atoms with Crippen LogP contribution >= 0.6 is 11.6 Å². The lowest BCUT2D eigenvalue weighted by atomic mass is 9.90. The Hall–Kier alpha value is -2.92. The van der Waals surface area contributed by atoms with Crippen molar-refractivity contribution in [3.05, 3.63) is 65.7 Å². The molecule has 0 radical (unpaired) electrons. The van der Waals surface area contributed by atoms with E-state index in [0.29, 0.717) is 18.2 Å². The Bertz CT molecular complexity index is 1080. The summed E-state index contributed by atoms with van der Waals surface area (Å²) in [6.45, 7) is 7.36. The molecule has 0 saturated carbocycles. The molecule has 2 aromatic heterocycles. The highest BCUT2D eigenvalue weighted by Gasteiger charge is 2.24. The fraction of sp³-hybridized carbons (Fsp3) is 0.261. The minimum absolute atomic E-state index is 0.0308. The van der Waals surface area contributed by atoms with Crippen LogP contribution in [0.4, 0.5) is 10.5 Å². The molecular weight excluding hydrogens is 386 g/mol. The normalized spacial score (nSPS) is 14.2. The smallest absolute Gasteiger partial charge is 0.414 e. The number of carbonyl (C=O) groups is 1. The number of ether oxygens (including phenoxy) is 1. The van der Waals surface area contributed by atoms with Crippen LogP contribution in [-0.2, 0) is 10.2 Å². The molecule has 1 saturated heterocycles. The lowest BCUT2D eigenvalue weighted by Gasteiger charge is -2.18. The van der Waals surface area contributed by atoms with Crippen LogP contribution in [0.3, 0.4) is 0 Å². The zero-order valence-corrected chi connectivity index (χ0v) is 17.4. The second-order valence-corrected chi connectivity index (χ2v) is 8.48. The minimum Gasteiger partial charge on any atom is -0.447 e. The van der Waals surface area contributed by atoms with Crippen LogP contribution in [0.25, 0.3) is 22.3 Å². The maximum absolute atomic E-state index is 11.8. The van der Waals surface area contributed by atoms with Crippen molar-refractivity contribution in [1.29, 1.82) is 0 Å². The van der Waals surface area contributed by atoms with Gasteiger partial charge in [0.1, 0.15) is 6.61 Å². The molecule has 0 atom stereocenters. The van der Waals surface area contributed by atoms with Crippen molar-refractivity contribution >= 4 is 23.4 Å². The average molecular weight is 408 g/mol. The van der Waals surface area contributed by atoms with E-state index in [0.717, 1.165) is 33.6 Å². The molecule has 0 N–H and O–H groups in total. The van der Waals surface area contributed by atoms with Gasteiger partial charge in [0.2, 0.25) is 0 Å². The van der Waals surface area contributed by atoms with Gasteiger partial charge in [-0.15, -0.1) is 0 Å². The van der Waals surface area contributed by atoms with Crippen LogP contribution in [0.1, 0.15) is 26.5 Å². The summed E-state index contributed by atoms with van der Waals surface area (Å²) in [7, 11) is 0. The summed E-state index contributed by atoms with van der Waals surface area (Å²) >= 11 is 6.56. The lowest BCUT2D eigenvalue weighted by Crippen LogP contribution is -2.23. The van der Waals surface area contributed by atoms with Crippen LogP contribution < -0.4 is 4.90 Å².